The van der Waals surface area contributed by atoms with Gasteiger partial charge in [0.2, 0.25) is 8.32 Å². The highest BCUT2D eigenvalue weighted by Crippen LogP contribution is 2.28. The van der Waals surface area contributed by atoms with Gasteiger partial charge in [0.05, 0.1) is 0 Å². The highest BCUT2D eigenvalue weighted by molar-refractivity contribution is 6.72. The summed E-state index contributed by atoms with van der Waals surface area (Å²) in [5.74, 6) is 0. The summed E-state index contributed by atoms with van der Waals surface area (Å²) in [6.07, 6.45) is 59.1. The van der Waals surface area contributed by atoms with Crippen LogP contribution in [0.2, 0.25) is 18.1 Å². The van der Waals surface area contributed by atoms with Gasteiger partial charge in [-0.3, -0.25) is 4.80 Å². The van der Waals surface area contributed by atoms with Crippen LogP contribution in [0.1, 0.15) is 290 Å². The molecule has 0 aliphatic rings. The molecule has 0 amide bonds. The molecule has 0 aromatic carbocycles. The van der Waals surface area contributed by atoms with Crippen molar-refractivity contribution in [3.8, 4) is 0 Å². The van der Waals surface area contributed by atoms with E-state index in [0.717, 1.165) is 18.1 Å². The summed E-state index contributed by atoms with van der Waals surface area (Å²) in [5.41, 5.74) is 0. The van der Waals surface area contributed by atoms with E-state index in [4.69, 9.17) is 0 Å². The lowest BCUT2D eigenvalue weighted by Gasteiger charge is -2.23. The van der Waals surface area contributed by atoms with Crippen molar-refractivity contribution in [1.82, 2.24) is 0 Å². The Kier molecular flexibility index (Phi) is 43.7. The van der Waals surface area contributed by atoms with Crippen LogP contribution in [-0.2, 0) is 4.80 Å². The van der Waals surface area contributed by atoms with Crippen LogP contribution in [-0.4, -0.2) is 8.32 Å². The minimum Gasteiger partial charge on any atom is -0.297 e. The van der Waals surface area contributed by atoms with Gasteiger partial charge in [-0.15, -0.1) is 0 Å². The minimum atomic E-state index is -2.31. The lowest BCUT2D eigenvalue weighted by molar-refractivity contribution is 0.397. The SMILES string of the molecule is CCCCCCCCCCCCCCCC[Si]([O])(CCCCCCCCCCCCCCCC)CCCCCCCCCCCCCCCC. The van der Waals surface area contributed by atoms with Crippen molar-refractivity contribution < 1.29 is 4.80 Å². The van der Waals surface area contributed by atoms with E-state index in [-0.39, 0.29) is 0 Å². The average molecular weight is 720 g/mol. The average Bonchev–Trinajstić information content (AvgIpc) is 3.12. The molecule has 0 N–H and O–H groups in total. The third-order valence-corrected chi connectivity index (χ3v) is 15.8. The largest absolute Gasteiger partial charge is 0.297 e. The van der Waals surface area contributed by atoms with E-state index in [1.54, 1.807) is 0 Å². The molecule has 50 heavy (non-hydrogen) atoms. The van der Waals surface area contributed by atoms with Gasteiger partial charge in [0.15, 0.2) is 0 Å². The zero-order valence-electron chi connectivity index (χ0n) is 35.7. The van der Waals surface area contributed by atoms with Crippen molar-refractivity contribution in [2.75, 3.05) is 0 Å². The van der Waals surface area contributed by atoms with Crippen molar-refractivity contribution in [2.45, 2.75) is 309 Å². The van der Waals surface area contributed by atoms with Gasteiger partial charge in [0.1, 0.15) is 0 Å². The number of hydrogen-bond donors (Lipinski definition) is 0. The summed E-state index contributed by atoms with van der Waals surface area (Å²) in [7, 11) is -2.31. The molecule has 0 aliphatic heterocycles. The molecule has 0 fully saturated rings. The topological polar surface area (TPSA) is 19.9 Å². The van der Waals surface area contributed by atoms with Crippen molar-refractivity contribution in [1.29, 1.82) is 0 Å². The van der Waals surface area contributed by atoms with E-state index < -0.39 is 8.32 Å². The maximum absolute atomic E-state index is 14.2. The molecule has 0 bridgehead atoms. The molecule has 0 heterocycles. The maximum Gasteiger partial charge on any atom is 0.237 e. The normalized spacial score (nSPS) is 12.0. The van der Waals surface area contributed by atoms with Crippen LogP contribution in [0.3, 0.4) is 0 Å². The van der Waals surface area contributed by atoms with Gasteiger partial charge < -0.3 is 0 Å². The lowest BCUT2D eigenvalue weighted by Crippen LogP contribution is -2.32. The van der Waals surface area contributed by atoms with Crippen molar-refractivity contribution in [3.05, 3.63) is 0 Å². The van der Waals surface area contributed by atoms with Crippen LogP contribution in [0.25, 0.3) is 0 Å². The third-order valence-electron chi connectivity index (χ3n) is 12.0. The van der Waals surface area contributed by atoms with Crippen molar-refractivity contribution >= 4 is 8.32 Å². The summed E-state index contributed by atoms with van der Waals surface area (Å²) < 4.78 is 0. The van der Waals surface area contributed by atoms with E-state index in [0.29, 0.717) is 0 Å². The van der Waals surface area contributed by atoms with Crippen molar-refractivity contribution in [3.63, 3.8) is 0 Å². The molecule has 0 aromatic rings. The number of unbranched alkanes of at least 4 members (excludes halogenated alkanes) is 39. The van der Waals surface area contributed by atoms with E-state index >= 15 is 0 Å². The lowest BCUT2D eigenvalue weighted by atomic mass is 10.0. The molecule has 0 aromatic heterocycles. The zero-order valence-corrected chi connectivity index (χ0v) is 36.7. The predicted octanol–water partition coefficient (Wildman–Crippen LogP) is 18.8. The van der Waals surface area contributed by atoms with E-state index in [1.807, 2.05) is 0 Å². The van der Waals surface area contributed by atoms with Gasteiger partial charge in [0.25, 0.3) is 0 Å². The molecular formula is C48H99OSi. The van der Waals surface area contributed by atoms with E-state index in [9.17, 15) is 4.80 Å². The molecular weight excluding hydrogens is 621 g/mol. The zero-order chi connectivity index (χ0) is 36.3. The molecule has 0 atom stereocenters. The van der Waals surface area contributed by atoms with Crippen LogP contribution in [0.5, 0.6) is 0 Å². The van der Waals surface area contributed by atoms with Crippen LogP contribution < -0.4 is 0 Å². The number of rotatable bonds is 45. The summed E-state index contributed by atoms with van der Waals surface area (Å²) in [5, 5.41) is 0. The molecule has 0 spiro atoms. The fraction of sp³-hybridized carbons (Fsp3) is 1.00. The quantitative estimate of drug-likeness (QED) is 0.0441. The molecule has 0 saturated carbocycles. The first-order chi connectivity index (χ1) is 24.7. The standard InChI is InChI=1S/C48H99OSi/c1-4-7-10-13-16-19-22-25-28-31-34-37-40-43-46-50(49,47-44-41-38-35-32-29-26-23-20-17-14-11-8-5-2)48-45-42-39-36-33-30-27-24-21-18-15-12-9-6-3/h4-48H2,1-3H3. The smallest absolute Gasteiger partial charge is 0.237 e. The Bertz CT molecular complexity index is 512. The second-order valence-corrected chi connectivity index (χ2v) is 21.1. The van der Waals surface area contributed by atoms with Crippen LogP contribution in [0.15, 0.2) is 0 Å². The Morgan fingerprint density at radius 1 is 0.200 bits per heavy atom. The van der Waals surface area contributed by atoms with Gasteiger partial charge in [0, 0.05) is 0 Å². The molecule has 1 radical (unpaired) electrons. The minimum absolute atomic E-state index is 1.09. The summed E-state index contributed by atoms with van der Waals surface area (Å²) in [4.78, 5) is 14.2. The molecule has 0 rings (SSSR count). The predicted molar refractivity (Wildman–Crippen MR) is 232 cm³/mol. The van der Waals surface area contributed by atoms with Gasteiger partial charge in [-0.2, -0.15) is 0 Å². The first kappa shape index (κ1) is 50.2. The maximum atomic E-state index is 14.2. The summed E-state index contributed by atoms with van der Waals surface area (Å²) in [6.45, 7) is 6.92. The second kappa shape index (κ2) is 43.6. The van der Waals surface area contributed by atoms with Crippen LogP contribution in [0, 0.1) is 0 Å². The molecule has 2 heteroatoms. The molecule has 0 saturated heterocycles. The Labute approximate surface area is 320 Å². The monoisotopic (exact) mass is 720 g/mol. The second-order valence-electron chi connectivity index (χ2n) is 17.2. The number of hydrogen-bond acceptors (Lipinski definition) is 0. The summed E-state index contributed by atoms with van der Waals surface area (Å²) >= 11 is 0. The first-order valence-corrected chi connectivity index (χ1v) is 26.9. The molecule has 0 unspecified atom stereocenters. The fourth-order valence-corrected chi connectivity index (χ4v) is 11.7. The van der Waals surface area contributed by atoms with Crippen LogP contribution >= 0.6 is 0 Å². The molecule has 301 valence electrons. The van der Waals surface area contributed by atoms with Gasteiger partial charge >= 0.3 is 0 Å². The van der Waals surface area contributed by atoms with Gasteiger partial charge in [-0.1, -0.05) is 290 Å². The Balaban J connectivity index is 4.07. The Morgan fingerprint density at radius 3 is 0.460 bits per heavy atom. The van der Waals surface area contributed by atoms with Gasteiger partial charge in [-0.25, -0.2) is 0 Å². The summed E-state index contributed by atoms with van der Waals surface area (Å²) in [6, 6.07) is 3.26. The van der Waals surface area contributed by atoms with Crippen LogP contribution in [0.4, 0.5) is 0 Å². The molecule has 0 aliphatic carbocycles. The fourth-order valence-electron chi connectivity index (χ4n) is 8.30. The highest BCUT2D eigenvalue weighted by Gasteiger charge is 2.31. The third kappa shape index (κ3) is 40.9. The van der Waals surface area contributed by atoms with E-state index in [2.05, 4.69) is 20.8 Å². The van der Waals surface area contributed by atoms with E-state index in [1.165, 1.54) is 270 Å². The van der Waals surface area contributed by atoms with Crippen molar-refractivity contribution in [2.24, 2.45) is 0 Å². The van der Waals surface area contributed by atoms with Gasteiger partial charge in [-0.05, 0) is 18.1 Å². The Hall–Kier alpha value is 0.177. The molecule has 1 nitrogen and oxygen atoms in total. The highest BCUT2D eigenvalue weighted by atomic mass is 28.4. The Morgan fingerprint density at radius 2 is 0.320 bits per heavy atom. The first-order valence-electron chi connectivity index (χ1n) is 24.4.